The van der Waals surface area contributed by atoms with Gasteiger partial charge in [0.25, 0.3) is 0 Å². The van der Waals surface area contributed by atoms with Crippen molar-refractivity contribution in [2.75, 3.05) is 5.32 Å². The van der Waals surface area contributed by atoms with Crippen LogP contribution in [0.5, 0.6) is 5.75 Å². The third-order valence-corrected chi connectivity index (χ3v) is 2.10. The first kappa shape index (κ1) is 10.2. The molecule has 0 radical (unpaired) electrons. The minimum Gasteiger partial charge on any atom is -0.505 e. The molecule has 0 fully saturated rings. The summed E-state index contributed by atoms with van der Waals surface area (Å²) in [5.74, 6) is 0.921. The summed E-state index contributed by atoms with van der Waals surface area (Å²) >= 11 is 0. The molecule has 0 saturated carbocycles. The molecule has 0 bridgehead atoms. The van der Waals surface area contributed by atoms with E-state index in [2.05, 4.69) is 10.3 Å². The van der Waals surface area contributed by atoms with E-state index in [1.54, 1.807) is 31.3 Å². The third-order valence-electron chi connectivity index (χ3n) is 2.10. The molecule has 0 unspecified atom stereocenters. The Morgan fingerprint density at radius 3 is 2.94 bits per heavy atom. The van der Waals surface area contributed by atoms with Crippen molar-refractivity contribution in [3.05, 3.63) is 30.2 Å². The van der Waals surface area contributed by atoms with Crippen molar-refractivity contribution < 1.29 is 14.3 Å². The number of rotatable bonds is 3. The van der Waals surface area contributed by atoms with E-state index in [9.17, 15) is 9.90 Å². The lowest BCUT2D eigenvalue weighted by atomic mass is 10.1. The quantitative estimate of drug-likeness (QED) is 0.609. The fourth-order valence-electron chi connectivity index (χ4n) is 1.38. The topological polar surface area (TPSA) is 75.4 Å². The van der Waals surface area contributed by atoms with Crippen LogP contribution in [0.25, 0.3) is 11.5 Å². The lowest BCUT2D eigenvalue weighted by Gasteiger charge is -2.05. The van der Waals surface area contributed by atoms with E-state index in [1.165, 1.54) is 0 Å². The SMILES string of the molecule is Cc1cnc(-c2cccc(NC=O)c2O)o1. The number of phenols is 1. The predicted octanol–water partition coefficient (Wildman–Crippen LogP) is 1.92. The number of aryl methyl sites for hydroxylation is 1. The number of benzene rings is 1. The average molecular weight is 218 g/mol. The van der Waals surface area contributed by atoms with E-state index in [1.807, 2.05) is 0 Å². The van der Waals surface area contributed by atoms with Gasteiger partial charge in [-0.2, -0.15) is 0 Å². The maximum absolute atomic E-state index is 10.3. The van der Waals surface area contributed by atoms with Crippen LogP contribution in [0.1, 0.15) is 5.76 Å². The Labute approximate surface area is 91.7 Å². The Morgan fingerprint density at radius 1 is 1.50 bits per heavy atom. The molecule has 0 aliphatic rings. The molecular formula is C11H10N2O3. The lowest BCUT2D eigenvalue weighted by Crippen LogP contribution is -1.94. The summed E-state index contributed by atoms with van der Waals surface area (Å²) in [5, 5.41) is 12.3. The van der Waals surface area contributed by atoms with Crippen molar-refractivity contribution in [1.29, 1.82) is 0 Å². The average Bonchev–Trinajstić information content (AvgIpc) is 2.68. The third kappa shape index (κ3) is 1.75. The molecule has 82 valence electrons. The smallest absolute Gasteiger partial charge is 0.230 e. The molecule has 1 amide bonds. The number of carbonyl (C=O) groups excluding carboxylic acids is 1. The van der Waals surface area contributed by atoms with E-state index in [4.69, 9.17) is 4.42 Å². The minimum absolute atomic E-state index is 0.0588. The van der Waals surface area contributed by atoms with Gasteiger partial charge < -0.3 is 14.8 Å². The Balaban J connectivity index is 2.49. The van der Waals surface area contributed by atoms with Crippen molar-refractivity contribution in [3.8, 4) is 17.2 Å². The van der Waals surface area contributed by atoms with Crippen molar-refractivity contribution in [1.82, 2.24) is 4.98 Å². The highest BCUT2D eigenvalue weighted by Crippen LogP contribution is 2.34. The molecule has 0 spiro atoms. The second-order valence-corrected chi connectivity index (χ2v) is 3.24. The number of nitrogens with one attached hydrogen (secondary N) is 1. The Kier molecular flexibility index (Phi) is 2.59. The molecule has 0 aliphatic carbocycles. The van der Waals surface area contributed by atoms with Gasteiger partial charge in [0.15, 0.2) is 5.75 Å². The highest BCUT2D eigenvalue weighted by molar-refractivity contribution is 5.81. The van der Waals surface area contributed by atoms with E-state index >= 15 is 0 Å². The van der Waals surface area contributed by atoms with Crippen LogP contribution in [-0.4, -0.2) is 16.5 Å². The van der Waals surface area contributed by atoms with Crippen LogP contribution in [0.2, 0.25) is 0 Å². The summed E-state index contributed by atoms with van der Waals surface area (Å²) in [5.41, 5.74) is 0.767. The summed E-state index contributed by atoms with van der Waals surface area (Å²) in [6, 6.07) is 4.94. The first-order valence-corrected chi connectivity index (χ1v) is 4.67. The normalized spacial score (nSPS) is 10.1. The van der Waals surface area contributed by atoms with E-state index < -0.39 is 0 Å². The van der Waals surface area contributed by atoms with Gasteiger partial charge >= 0.3 is 0 Å². The van der Waals surface area contributed by atoms with Crippen LogP contribution in [0, 0.1) is 6.92 Å². The molecule has 16 heavy (non-hydrogen) atoms. The van der Waals surface area contributed by atoms with E-state index in [-0.39, 0.29) is 5.75 Å². The van der Waals surface area contributed by atoms with E-state index in [0.29, 0.717) is 29.3 Å². The monoisotopic (exact) mass is 218 g/mol. The first-order chi connectivity index (χ1) is 7.72. The van der Waals surface area contributed by atoms with Crippen molar-refractivity contribution >= 4 is 12.1 Å². The van der Waals surface area contributed by atoms with Gasteiger partial charge in [0.1, 0.15) is 5.76 Å². The maximum Gasteiger partial charge on any atom is 0.230 e. The van der Waals surface area contributed by atoms with Crippen molar-refractivity contribution in [3.63, 3.8) is 0 Å². The highest BCUT2D eigenvalue weighted by atomic mass is 16.4. The maximum atomic E-state index is 10.3. The molecule has 0 saturated heterocycles. The predicted molar refractivity (Wildman–Crippen MR) is 58.0 cm³/mol. The zero-order valence-electron chi connectivity index (χ0n) is 8.60. The fraction of sp³-hybridized carbons (Fsp3) is 0.0909. The number of hydrogen-bond acceptors (Lipinski definition) is 4. The number of amides is 1. The van der Waals surface area contributed by atoms with Crippen LogP contribution in [0.4, 0.5) is 5.69 Å². The van der Waals surface area contributed by atoms with E-state index in [0.717, 1.165) is 0 Å². The summed E-state index contributed by atoms with van der Waals surface area (Å²) < 4.78 is 5.30. The van der Waals surface area contributed by atoms with Crippen LogP contribution < -0.4 is 5.32 Å². The molecule has 5 nitrogen and oxygen atoms in total. The van der Waals surface area contributed by atoms with Gasteiger partial charge in [-0.15, -0.1) is 0 Å². The second kappa shape index (κ2) is 4.06. The zero-order valence-corrected chi connectivity index (χ0v) is 8.60. The van der Waals surface area contributed by atoms with Gasteiger partial charge in [-0.05, 0) is 19.1 Å². The largest absolute Gasteiger partial charge is 0.505 e. The molecule has 2 rings (SSSR count). The Hall–Kier alpha value is -2.30. The molecule has 0 aliphatic heterocycles. The number of anilines is 1. The van der Waals surface area contributed by atoms with Crippen LogP contribution >= 0.6 is 0 Å². The number of hydrogen-bond donors (Lipinski definition) is 2. The standard InChI is InChI=1S/C11H10N2O3/c1-7-5-12-11(16-7)8-3-2-4-9(10(8)15)13-6-14/h2-6,15H,1H3,(H,13,14). The Morgan fingerprint density at radius 2 is 2.31 bits per heavy atom. The van der Waals surface area contributed by atoms with Gasteiger partial charge in [-0.25, -0.2) is 4.98 Å². The van der Waals surface area contributed by atoms with Crippen LogP contribution in [0.3, 0.4) is 0 Å². The molecule has 1 aromatic carbocycles. The fourth-order valence-corrected chi connectivity index (χ4v) is 1.38. The number of nitrogens with zero attached hydrogens (tertiary/aromatic N) is 1. The summed E-state index contributed by atoms with van der Waals surface area (Å²) in [6.45, 7) is 1.76. The Bertz CT molecular complexity index is 520. The molecule has 5 heteroatoms. The summed E-state index contributed by atoms with van der Waals surface area (Å²) in [6.07, 6.45) is 2.06. The number of para-hydroxylation sites is 1. The van der Waals surface area contributed by atoms with Gasteiger partial charge in [-0.1, -0.05) is 6.07 Å². The van der Waals surface area contributed by atoms with Gasteiger partial charge in [-0.3, -0.25) is 4.79 Å². The number of phenolic OH excluding ortho intramolecular Hbond substituents is 1. The molecule has 2 aromatic rings. The summed E-state index contributed by atoms with van der Waals surface area (Å²) in [4.78, 5) is 14.3. The second-order valence-electron chi connectivity index (χ2n) is 3.24. The molecule has 2 N–H and O–H groups in total. The number of oxazole rings is 1. The van der Waals surface area contributed by atoms with Crippen molar-refractivity contribution in [2.45, 2.75) is 6.92 Å². The lowest BCUT2D eigenvalue weighted by molar-refractivity contribution is -0.105. The molecular weight excluding hydrogens is 208 g/mol. The number of aromatic hydroxyl groups is 1. The molecule has 1 aromatic heterocycles. The number of carbonyl (C=O) groups is 1. The summed E-state index contributed by atoms with van der Waals surface area (Å²) in [7, 11) is 0. The number of aromatic nitrogens is 1. The van der Waals surface area contributed by atoms with Crippen LogP contribution in [0.15, 0.2) is 28.8 Å². The zero-order chi connectivity index (χ0) is 11.5. The van der Waals surface area contributed by atoms with Crippen molar-refractivity contribution in [2.24, 2.45) is 0 Å². The highest BCUT2D eigenvalue weighted by Gasteiger charge is 2.12. The minimum atomic E-state index is -0.0588. The molecule has 1 heterocycles. The van der Waals surface area contributed by atoms with Gasteiger partial charge in [0, 0.05) is 0 Å². The first-order valence-electron chi connectivity index (χ1n) is 4.67. The van der Waals surface area contributed by atoms with Gasteiger partial charge in [0.2, 0.25) is 12.3 Å². The van der Waals surface area contributed by atoms with Gasteiger partial charge in [0.05, 0.1) is 17.4 Å². The van der Waals surface area contributed by atoms with Crippen LogP contribution in [-0.2, 0) is 4.79 Å². The molecule has 0 atom stereocenters.